The van der Waals surface area contributed by atoms with E-state index in [1.807, 2.05) is 42.5 Å². The summed E-state index contributed by atoms with van der Waals surface area (Å²) in [6.45, 7) is 2.49. The van der Waals surface area contributed by atoms with E-state index in [0.29, 0.717) is 17.6 Å². The third-order valence-electron chi connectivity index (χ3n) is 5.86. The number of nitrogens with zero attached hydrogens (tertiary/aromatic N) is 3. The maximum absolute atomic E-state index is 13.7. The molecule has 0 atom stereocenters. The van der Waals surface area contributed by atoms with Gasteiger partial charge in [-0.25, -0.2) is 0 Å². The van der Waals surface area contributed by atoms with Gasteiger partial charge in [-0.1, -0.05) is 54.6 Å². The number of fused-ring (bicyclic) bond motifs is 1. The summed E-state index contributed by atoms with van der Waals surface area (Å²) in [5, 5.41) is 4.95. The summed E-state index contributed by atoms with van der Waals surface area (Å²) in [6, 6.07) is 22.1. The Labute approximate surface area is 178 Å². The van der Waals surface area contributed by atoms with Gasteiger partial charge in [-0.05, 0) is 36.6 Å². The van der Waals surface area contributed by atoms with E-state index in [1.54, 1.807) is 10.7 Å². The molecule has 1 fully saturated rings. The molecule has 4 aromatic rings. The van der Waals surface area contributed by atoms with E-state index in [0.717, 1.165) is 36.0 Å². The first-order valence-electron chi connectivity index (χ1n) is 10.5. The van der Waals surface area contributed by atoms with Crippen LogP contribution in [0.3, 0.4) is 0 Å². The van der Waals surface area contributed by atoms with Crippen molar-refractivity contribution in [3.63, 3.8) is 0 Å². The van der Waals surface area contributed by atoms with Crippen LogP contribution >= 0.6 is 0 Å². The fourth-order valence-electron chi connectivity index (χ4n) is 4.36. The maximum atomic E-state index is 13.7. The fourth-order valence-corrected chi connectivity index (χ4v) is 4.36. The number of anilines is 1. The molecule has 0 spiro atoms. The van der Waals surface area contributed by atoms with Gasteiger partial charge >= 0.3 is 6.18 Å². The topological polar surface area (TPSA) is 21.1 Å². The van der Waals surface area contributed by atoms with Crippen LogP contribution in [0.25, 0.3) is 22.2 Å². The standard InChI is InChI=1S/C25H22F3N3/c26-25(27,28)22-10-6-9-21-23(22)29-31(17-18-7-2-1-3-8-18)24(21)19-11-13-20(14-12-19)30-15-4-5-16-30/h1-3,6-14H,4-5,15-17H2. The molecule has 31 heavy (non-hydrogen) atoms. The van der Waals surface area contributed by atoms with Gasteiger partial charge in [-0.15, -0.1) is 0 Å². The Morgan fingerprint density at radius 1 is 0.806 bits per heavy atom. The lowest BCUT2D eigenvalue weighted by molar-refractivity contribution is -0.136. The Morgan fingerprint density at radius 2 is 1.52 bits per heavy atom. The Hall–Kier alpha value is -3.28. The quantitative estimate of drug-likeness (QED) is 0.382. The molecule has 0 radical (unpaired) electrons. The minimum absolute atomic E-state index is 0.00968. The Kier molecular flexibility index (Phi) is 4.93. The second kappa shape index (κ2) is 7.76. The summed E-state index contributed by atoms with van der Waals surface area (Å²) in [4.78, 5) is 2.34. The summed E-state index contributed by atoms with van der Waals surface area (Å²) in [5.74, 6) is 0. The van der Waals surface area contributed by atoms with Gasteiger partial charge in [0.2, 0.25) is 0 Å². The Bertz CT molecular complexity index is 1190. The van der Waals surface area contributed by atoms with Crippen LogP contribution in [0.1, 0.15) is 24.0 Å². The minimum atomic E-state index is -4.46. The predicted molar refractivity (Wildman–Crippen MR) is 117 cm³/mol. The number of hydrogen-bond acceptors (Lipinski definition) is 2. The van der Waals surface area contributed by atoms with Crippen LogP contribution in [0.5, 0.6) is 0 Å². The summed E-state index contributed by atoms with van der Waals surface area (Å²) >= 11 is 0. The van der Waals surface area contributed by atoms with Gasteiger partial charge in [-0.3, -0.25) is 4.68 Å². The van der Waals surface area contributed by atoms with Gasteiger partial charge in [0.05, 0.1) is 17.8 Å². The van der Waals surface area contributed by atoms with Gasteiger partial charge in [-0.2, -0.15) is 18.3 Å². The summed E-state index contributed by atoms with van der Waals surface area (Å²) in [5.41, 5.74) is 2.99. The fraction of sp³-hybridized carbons (Fsp3) is 0.240. The van der Waals surface area contributed by atoms with Gasteiger partial charge in [0.25, 0.3) is 0 Å². The van der Waals surface area contributed by atoms with Crippen LogP contribution in [0.2, 0.25) is 0 Å². The van der Waals surface area contributed by atoms with E-state index in [1.165, 1.54) is 18.9 Å². The van der Waals surface area contributed by atoms with Gasteiger partial charge in [0.15, 0.2) is 0 Å². The highest BCUT2D eigenvalue weighted by Gasteiger charge is 2.34. The van der Waals surface area contributed by atoms with E-state index in [2.05, 4.69) is 22.1 Å². The molecule has 0 N–H and O–H groups in total. The second-order valence-electron chi connectivity index (χ2n) is 7.93. The lowest BCUT2D eigenvalue weighted by atomic mass is 10.0. The largest absolute Gasteiger partial charge is 0.418 e. The van der Waals surface area contributed by atoms with Crippen molar-refractivity contribution in [2.45, 2.75) is 25.6 Å². The van der Waals surface area contributed by atoms with Crippen LogP contribution in [0.4, 0.5) is 18.9 Å². The van der Waals surface area contributed by atoms with Gasteiger partial charge in [0, 0.05) is 29.7 Å². The molecule has 0 bridgehead atoms. The molecule has 5 rings (SSSR count). The number of hydrogen-bond donors (Lipinski definition) is 0. The number of benzene rings is 3. The highest BCUT2D eigenvalue weighted by atomic mass is 19.4. The number of aromatic nitrogens is 2. The average Bonchev–Trinajstić information content (AvgIpc) is 3.42. The first-order chi connectivity index (χ1) is 15.0. The van der Waals surface area contributed by atoms with E-state index < -0.39 is 11.7 Å². The monoisotopic (exact) mass is 421 g/mol. The molecule has 3 nitrogen and oxygen atoms in total. The van der Waals surface area contributed by atoms with Gasteiger partial charge in [0.1, 0.15) is 5.52 Å². The molecule has 158 valence electrons. The molecule has 2 heterocycles. The smallest absolute Gasteiger partial charge is 0.372 e. The zero-order chi connectivity index (χ0) is 21.4. The van der Waals surface area contributed by atoms with Crippen molar-refractivity contribution >= 4 is 16.6 Å². The van der Waals surface area contributed by atoms with E-state index in [4.69, 9.17) is 0 Å². The lowest BCUT2D eigenvalue weighted by Crippen LogP contribution is -2.17. The zero-order valence-corrected chi connectivity index (χ0v) is 16.9. The maximum Gasteiger partial charge on any atom is 0.418 e. The highest BCUT2D eigenvalue weighted by molar-refractivity contribution is 5.95. The second-order valence-corrected chi connectivity index (χ2v) is 7.93. The molecule has 6 heteroatoms. The van der Waals surface area contributed by atoms with Crippen LogP contribution < -0.4 is 4.90 Å². The van der Waals surface area contributed by atoms with Crippen LogP contribution in [0, 0.1) is 0 Å². The molecule has 1 aliphatic heterocycles. The summed E-state index contributed by atoms with van der Waals surface area (Å²) in [6.07, 6.45) is -2.07. The molecule has 0 unspecified atom stereocenters. The van der Waals surface area contributed by atoms with E-state index in [-0.39, 0.29) is 5.52 Å². The first-order valence-corrected chi connectivity index (χ1v) is 10.5. The molecular weight excluding hydrogens is 399 g/mol. The molecule has 0 aliphatic carbocycles. The van der Waals surface area contributed by atoms with Crippen molar-refractivity contribution in [2.75, 3.05) is 18.0 Å². The highest BCUT2D eigenvalue weighted by Crippen LogP contribution is 2.38. The van der Waals surface area contributed by atoms with Crippen molar-refractivity contribution in [1.82, 2.24) is 9.78 Å². The summed E-state index contributed by atoms with van der Waals surface area (Å²) in [7, 11) is 0. The summed E-state index contributed by atoms with van der Waals surface area (Å²) < 4.78 is 42.7. The predicted octanol–water partition coefficient (Wildman–Crippen LogP) is 6.37. The van der Waals surface area contributed by atoms with E-state index in [9.17, 15) is 13.2 Å². The molecule has 0 saturated carbocycles. The van der Waals surface area contributed by atoms with Crippen molar-refractivity contribution < 1.29 is 13.2 Å². The number of alkyl halides is 3. The third kappa shape index (κ3) is 3.78. The Morgan fingerprint density at radius 3 is 2.19 bits per heavy atom. The molecule has 3 aromatic carbocycles. The Balaban J connectivity index is 1.65. The molecule has 1 aromatic heterocycles. The third-order valence-corrected chi connectivity index (χ3v) is 5.86. The number of rotatable bonds is 4. The molecule has 0 amide bonds. The lowest BCUT2D eigenvalue weighted by Gasteiger charge is -2.18. The average molecular weight is 421 g/mol. The first kappa shape index (κ1) is 19.7. The van der Waals surface area contributed by atoms with Crippen molar-refractivity contribution in [3.05, 3.63) is 83.9 Å². The van der Waals surface area contributed by atoms with E-state index >= 15 is 0 Å². The normalized spacial score (nSPS) is 14.5. The van der Waals surface area contributed by atoms with Crippen molar-refractivity contribution in [2.24, 2.45) is 0 Å². The zero-order valence-electron chi connectivity index (χ0n) is 16.9. The SMILES string of the molecule is FC(F)(F)c1cccc2c(-c3ccc(N4CCCC4)cc3)n(Cc3ccccc3)nc12. The molecule has 1 aliphatic rings. The molecular formula is C25H22F3N3. The number of halogens is 3. The van der Waals surface area contributed by atoms with Crippen molar-refractivity contribution in [3.8, 4) is 11.3 Å². The van der Waals surface area contributed by atoms with Crippen LogP contribution in [-0.4, -0.2) is 22.9 Å². The minimum Gasteiger partial charge on any atom is -0.372 e. The van der Waals surface area contributed by atoms with Crippen LogP contribution in [-0.2, 0) is 12.7 Å². The molecule has 1 saturated heterocycles. The van der Waals surface area contributed by atoms with Crippen molar-refractivity contribution in [1.29, 1.82) is 0 Å². The van der Waals surface area contributed by atoms with Gasteiger partial charge < -0.3 is 4.90 Å². The van der Waals surface area contributed by atoms with Crippen LogP contribution in [0.15, 0.2) is 72.8 Å².